The Morgan fingerprint density at radius 3 is 2.59 bits per heavy atom. The summed E-state index contributed by atoms with van der Waals surface area (Å²) in [6.07, 6.45) is 1.55. The van der Waals surface area contributed by atoms with Crippen molar-refractivity contribution in [2.24, 2.45) is 5.14 Å². The highest BCUT2D eigenvalue weighted by Crippen LogP contribution is 2.32. The third-order valence-corrected chi connectivity index (χ3v) is 5.54. The molecule has 0 atom stereocenters. The first-order valence-electron chi connectivity index (χ1n) is 5.64. The Balaban J connectivity index is 1.91. The number of hydrogen-bond acceptors (Lipinski definition) is 8. The van der Waals surface area contributed by atoms with Gasteiger partial charge in [0.25, 0.3) is 0 Å². The summed E-state index contributed by atoms with van der Waals surface area (Å²) in [6.45, 7) is 0. The fourth-order valence-corrected chi connectivity index (χ4v) is 4.07. The maximum atomic E-state index is 11.2. The van der Waals surface area contributed by atoms with Crippen LogP contribution in [-0.4, -0.2) is 33.6 Å². The lowest BCUT2D eigenvalue weighted by molar-refractivity contribution is 0.597. The molecule has 0 unspecified atom stereocenters. The summed E-state index contributed by atoms with van der Waals surface area (Å²) >= 11 is 8.39. The molecular weight excluding hydrogens is 368 g/mol. The van der Waals surface area contributed by atoms with Gasteiger partial charge in [-0.2, -0.15) is 4.68 Å². The molecule has 0 spiro atoms. The lowest BCUT2D eigenvalue weighted by atomic mass is 10.3. The number of primary sulfonamides is 1. The molecule has 0 aliphatic carbocycles. The third-order valence-electron chi connectivity index (χ3n) is 2.49. The van der Waals surface area contributed by atoms with Crippen molar-refractivity contribution in [3.63, 3.8) is 0 Å². The van der Waals surface area contributed by atoms with Gasteiger partial charge in [0.05, 0.1) is 16.8 Å². The van der Waals surface area contributed by atoms with Crippen LogP contribution in [0.5, 0.6) is 0 Å². The van der Waals surface area contributed by atoms with Crippen molar-refractivity contribution >= 4 is 44.7 Å². The van der Waals surface area contributed by atoms with E-state index < -0.39 is 10.0 Å². The van der Waals surface area contributed by atoms with Crippen molar-refractivity contribution in [3.8, 4) is 5.69 Å². The van der Waals surface area contributed by atoms with E-state index in [0.29, 0.717) is 19.5 Å². The van der Waals surface area contributed by atoms with Crippen LogP contribution in [0.25, 0.3) is 5.69 Å². The van der Waals surface area contributed by atoms with E-state index in [0.717, 1.165) is 0 Å². The quantitative estimate of drug-likeness (QED) is 0.736. The normalized spacial score (nSPS) is 11.7. The first-order valence-corrected chi connectivity index (χ1v) is 9.20. The summed E-state index contributed by atoms with van der Waals surface area (Å²) in [5.74, 6) is 0. The average Bonchev–Trinajstić information content (AvgIpc) is 3.08. The smallest absolute Gasteiger partial charge is 0.236 e. The summed E-state index contributed by atoms with van der Waals surface area (Å²) in [7, 11) is -3.73. The van der Waals surface area contributed by atoms with Crippen molar-refractivity contribution in [2.75, 3.05) is 0 Å². The lowest BCUT2D eigenvalue weighted by Gasteiger charge is -2.04. The van der Waals surface area contributed by atoms with Crippen LogP contribution in [0.15, 0.2) is 44.9 Å². The number of aromatic nitrogens is 5. The number of nitrogens with two attached hydrogens (primary N) is 1. The highest BCUT2D eigenvalue weighted by atomic mass is 35.5. The van der Waals surface area contributed by atoms with Gasteiger partial charge in [-0.1, -0.05) is 22.9 Å². The van der Waals surface area contributed by atoms with Crippen LogP contribution in [-0.2, 0) is 10.0 Å². The Morgan fingerprint density at radius 2 is 2.00 bits per heavy atom. The monoisotopic (exact) mass is 374 g/mol. The van der Waals surface area contributed by atoms with Crippen LogP contribution in [0.4, 0.5) is 0 Å². The summed E-state index contributed by atoms with van der Waals surface area (Å²) in [5.41, 5.74) is 0.600. The Hall–Kier alpha value is -1.53. The SMILES string of the molecule is NS(=O)(=O)c1ccc(-n2nnnc2Sc2ncc(Cl)s2)cc1. The zero-order chi connectivity index (χ0) is 15.7. The van der Waals surface area contributed by atoms with Gasteiger partial charge in [-0.05, 0) is 46.5 Å². The zero-order valence-corrected chi connectivity index (χ0v) is 13.8. The first-order chi connectivity index (χ1) is 10.4. The van der Waals surface area contributed by atoms with Crippen LogP contribution < -0.4 is 5.14 Å². The Labute approximate surface area is 138 Å². The van der Waals surface area contributed by atoms with E-state index in [-0.39, 0.29) is 4.90 Å². The van der Waals surface area contributed by atoms with Gasteiger partial charge in [-0.15, -0.1) is 5.10 Å². The molecule has 12 heteroatoms. The van der Waals surface area contributed by atoms with Crippen molar-refractivity contribution in [1.29, 1.82) is 0 Å². The van der Waals surface area contributed by atoms with Gasteiger partial charge in [-0.25, -0.2) is 18.5 Å². The second-order valence-corrected chi connectivity index (χ2v) is 8.38. The number of rotatable bonds is 4. The molecule has 2 N–H and O–H groups in total. The van der Waals surface area contributed by atoms with Crippen molar-refractivity contribution in [3.05, 3.63) is 34.8 Å². The van der Waals surface area contributed by atoms with Gasteiger partial charge < -0.3 is 0 Å². The number of benzene rings is 1. The molecule has 0 amide bonds. The van der Waals surface area contributed by atoms with Crippen molar-refractivity contribution in [1.82, 2.24) is 25.2 Å². The molecule has 2 aromatic heterocycles. The third kappa shape index (κ3) is 3.28. The molecular formula is C10H7ClN6O2S3. The molecule has 0 fully saturated rings. The van der Waals surface area contributed by atoms with Crippen molar-refractivity contribution in [2.45, 2.75) is 14.4 Å². The lowest BCUT2D eigenvalue weighted by Crippen LogP contribution is -2.12. The van der Waals surface area contributed by atoms with Crippen LogP contribution in [0, 0.1) is 0 Å². The van der Waals surface area contributed by atoms with Crippen LogP contribution in [0.2, 0.25) is 4.34 Å². The molecule has 0 saturated carbocycles. The minimum absolute atomic E-state index is 0.0187. The number of sulfonamides is 1. The average molecular weight is 375 g/mol. The molecule has 1 aromatic carbocycles. The van der Waals surface area contributed by atoms with Gasteiger partial charge in [0.15, 0.2) is 4.34 Å². The van der Waals surface area contributed by atoms with E-state index >= 15 is 0 Å². The summed E-state index contributed by atoms with van der Waals surface area (Å²) < 4.78 is 25.2. The first kappa shape index (κ1) is 15.4. The zero-order valence-electron chi connectivity index (χ0n) is 10.6. The number of tetrazole rings is 1. The Bertz CT molecular complexity index is 905. The fourth-order valence-electron chi connectivity index (χ4n) is 1.55. The van der Waals surface area contributed by atoms with Gasteiger partial charge in [0.2, 0.25) is 15.2 Å². The van der Waals surface area contributed by atoms with E-state index in [4.69, 9.17) is 16.7 Å². The highest BCUT2D eigenvalue weighted by Gasteiger charge is 2.14. The van der Waals surface area contributed by atoms with Crippen LogP contribution in [0.3, 0.4) is 0 Å². The summed E-state index contributed by atoms with van der Waals surface area (Å²) in [6, 6.07) is 5.91. The predicted molar refractivity (Wildman–Crippen MR) is 81.8 cm³/mol. The van der Waals surface area contributed by atoms with Gasteiger partial charge in [0.1, 0.15) is 4.34 Å². The predicted octanol–water partition coefficient (Wildman–Crippen LogP) is 1.57. The maximum Gasteiger partial charge on any atom is 0.238 e. The standard InChI is InChI=1S/C10H7ClN6O2S3/c11-8-5-13-10(20-8)21-9-14-15-16-17(9)6-1-3-7(4-2-6)22(12,18)19/h1-5H,(H2,12,18,19). The molecule has 0 saturated heterocycles. The second-order valence-electron chi connectivity index (χ2n) is 3.94. The van der Waals surface area contributed by atoms with E-state index in [9.17, 15) is 8.42 Å². The van der Waals surface area contributed by atoms with E-state index in [1.165, 1.54) is 39.9 Å². The fraction of sp³-hybridized carbons (Fsp3) is 0. The van der Waals surface area contributed by atoms with Crippen LogP contribution >= 0.6 is 34.7 Å². The summed E-state index contributed by atoms with van der Waals surface area (Å²) in [4.78, 5) is 4.14. The number of nitrogens with zero attached hydrogens (tertiary/aromatic N) is 5. The molecule has 3 aromatic rings. The number of thiazole rings is 1. The van der Waals surface area contributed by atoms with Gasteiger partial charge in [-0.3, -0.25) is 0 Å². The molecule has 0 aliphatic rings. The minimum Gasteiger partial charge on any atom is -0.236 e. The molecule has 114 valence electrons. The van der Waals surface area contributed by atoms with Gasteiger partial charge >= 0.3 is 0 Å². The highest BCUT2D eigenvalue weighted by molar-refractivity contribution is 8.00. The second kappa shape index (κ2) is 5.93. The minimum atomic E-state index is -3.73. The van der Waals surface area contributed by atoms with E-state index in [1.807, 2.05) is 0 Å². The summed E-state index contributed by atoms with van der Waals surface area (Å²) in [5, 5.41) is 17.0. The van der Waals surface area contributed by atoms with E-state index in [2.05, 4.69) is 20.5 Å². The molecule has 3 rings (SSSR count). The molecule has 0 radical (unpaired) electrons. The molecule has 2 heterocycles. The van der Waals surface area contributed by atoms with Gasteiger partial charge in [0, 0.05) is 0 Å². The molecule has 0 bridgehead atoms. The van der Waals surface area contributed by atoms with Crippen LogP contribution in [0.1, 0.15) is 0 Å². The topological polar surface area (TPSA) is 117 Å². The molecule has 22 heavy (non-hydrogen) atoms. The maximum absolute atomic E-state index is 11.2. The Kier molecular flexibility index (Phi) is 4.14. The number of hydrogen-bond donors (Lipinski definition) is 1. The largest absolute Gasteiger partial charge is 0.238 e. The van der Waals surface area contributed by atoms with Crippen molar-refractivity contribution < 1.29 is 8.42 Å². The molecule has 0 aliphatic heterocycles. The Morgan fingerprint density at radius 1 is 1.27 bits per heavy atom. The molecule has 8 nitrogen and oxygen atoms in total. The number of halogens is 1. The van der Waals surface area contributed by atoms with E-state index in [1.54, 1.807) is 18.3 Å².